The van der Waals surface area contributed by atoms with Crippen LogP contribution in [0.2, 0.25) is 33.2 Å². The van der Waals surface area contributed by atoms with Crippen LogP contribution in [-0.4, -0.2) is 89.1 Å². The zero-order chi connectivity index (χ0) is 51.7. The highest BCUT2D eigenvalue weighted by molar-refractivity contribution is 6.78. The molecule has 1 aliphatic rings. The number of hydrogen-bond acceptors (Lipinski definition) is 6. The van der Waals surface area contributed by atoms with Gasteiger partial charge in [-0.3, -0.25) is 14.4 Å². The van der Waals surface area contributed by atoms with Gasteiger partial charge in [0, 0.05) is 45.3 Å². The summed E-state index contributed by atoms with van der Waals surface area (Å²) in [6.45, 7) is 30.1. The summed E-state index contributed by atoms with van der Waals surface area (Å²) in [6, 6.07) is 31.4. The summed E-state index contributed by atoms with van der Waals surface area (Å²) in [5, 5.41) is 5.69. The minimum absolute atomic E-state index is 0.00301. The molecule has 1 aliphatic heterocycles. The average molecular weight is 1000 g/mol. The molecule has 0 fully saturated rings. The Morgan fingerprint density at radius 2 is 1.14 bits per heavy atom. The molecule has 388 valence electrons. The Morgan fingerprint density at radius 3 is 1.73 bits per heavy atom. The molecule has 4 aromatic carbocycles. The fourth-order valence-electron chi connectivity index (χ4n) is 11.9. The van der Waals surface area contributed by atoms with Crippen LogP contribution in [0.4, 0.5) is 0 Å². The minimum Gasteiger partial charge on any atom is -0.489 e. The van der Waals surface area contributed by atoms with Gasteiger partial charge in [-0.15, -0.1) is 0 Å². The zero-order valence-electron chi connectivity index (χ0n) is 45.5. The van der Waals surface area contributed by atoms with Gasteiger partial charge >= 0.3 is 0 Å². The second-order valence-electron chi connectivity index (χ2n) is 21.9. The summed E-state index contributed by atoms with van der Waals surface area (Å²) in [5.41, 5.74) is 5.73. The number of amides is 3. The van der Waals surface area contributed by atoms with Gasteiger partial charge in [-0.05, 0) is 105 Å². The Hall–Kier alpha value is -4.56. The smallest absolute Gasteiger partial charge is 0.243 e. The molecule has 1 N–H and O–H groups in total. The van der Waals surface area contributed by atoms with E-state index in [1.165, 1.54) is 0 Å². The molecule has 0 bridgehead atoms. The number of benzene rings is 4. The molecule has 11 heteroatoms. The number of carbonyl (C=O) groups excluding carboxylic acids is 3. The third-order valence-corrected chi connectivity index (χ3v) is 27.6. The fraction of sp³-hybridized carbons (Fsp3) is 0.550. The van der Waals surface area contributed by atoms with Crippen LogP contribution in [0.1, 0.15) is 132 Å². The number of nitrogens with one attached hydrogen (secondary N) is 1. The van der Waals surface area contributed by atoms with Crippen molar-refractivity contribution in [1.82, 2.24) is 15.1 Å². The fourth-order valence-corrected chi connectivity index (χ4v) is 22.9. The van der Waals surface area contributed by atoms with Crippen molar-refractivity contribution in [2.75, 3.05) is 32.8 Å². The molecule has 2 atom stereocenters. The van der Waals surface area contributed by atoms with Gasteiger partial charge in [0.05, 0.1) is 6.42 Å². The van der Waals surface area contributed by atoms with E-state index in [9.17, 15) is 9.59 Å². The number of ether oxygens (including phenoxy) is 1. The van der Waals surface area contributed by atoms with Crippen molar-refractivity contribution in [3.63, 3.8) is 0 Å². The van der Waals surface area contributed by atoms with Crippen molar-refractivity contribution < 1.29 is 28.0 Å². The van der Waals surface area contributed by atoms with E-state index in [-0.39, 0.29) is 43.1 Å². The lowest BCUT2D eigenvalue weighted by Crippen LogP contribution is -2.54. The van der Waals surface area contributed by atoms with Crippen molar-refractivity contribution in [1.29, 1.82) is 0 Å². The van der Waals surface area contributed by atoms with Crippen LogP contribution in [-0.2, 0) is 42.7 Å². The van der Waals surface area contributed by atoms with E-state index in [0.717, 1.165) is 39.6 Å². The molecule has 0 unspecified atom stereocenters. The highest BCUT2D eigenvalue weighted by Gasteiger charge is 2.46. The van der Waals surface area contributed by atoms with Crippen molar-refractivity contribution in [3.05, 3.63) is 126 Å². The number of fused-ring (bicyclic) bond motifs is 1. The number of rotatable bonds is 24. The topological polar surface area (TPSA) is 97.4 Å². The van der Waals surface area contributed by atoms with Gasteiger partial charge in [0.1, 0.15) is 18.4 Å². The van der Waals surface area contributed by atoms with Crippen LogP contribution in [0.3, 0.4) is 0 Å². The molecule has 0 spiro atoms. The SMILES string of the molecule is CC(C)[Si](OCCC[C@H]1CN(C(=O)Cc2ccc3ccccc3c2)C/C=C/CN(C(=O)CCc2ccc(OCc3ccccc3)cc2)[C@H](CCCO[Si](C(C)C)(C(C)C)C(C)C)C(=O)N1)(C(C)C)C(C)C. The monoisotopic (exact) mass is 1000 g/mol. The summed E-state index contributed by atoms with van der Waals surface area (Å²) in [4.78, 5) is 47.9. The van der Waals surface area contributed by atoms with E-state index in [2.05, 4.69) is 113 Å². The zero-order valence-corrected chi connectivity index (χ0v) is 47.5. The van der Waals surface area contributed by atoms with Gasteiger partial charge in [0.15, 0.2) is 16.6 Å². The molecule has 0 saturated carbocycles. The Bertz CT molecular complexity index is 2250. The van der Waals surface area contributed by atoms with E-state index in [0.29, 0.717) is 91.8 Å². The van der Waals surface area contributed by atoms with Gasteiger partial charge in [-0.25, -0.2) is 0 Å². The number of hydrogen-bond donors (Lipinski definition) is 1. The summed E-state index contributed by atoms with van der Waals surface area (Å²) < 4.78 is 20.1. The highest BCUT2D eigenvalue weighted by Crippen LogP contribution is 2.43. The maximum absolute atomic E-state index is 15.1. The van der Waals surface area contributed by atoms with Crippen LogP contribution in [0.5, 0.6) is 5.75 Å². The van der Waals surface area contributed by atoms with E-state index in [1.807, 2.05) is 89.8 Å². The number of carbonyl (C=O) groups is 3. The molecule has 0 aromatic heterocycles. The summed E-state index contributed by atoms with van der Waals surface area (Å²) in [7, 11) is -4.28. The molecule has 71 heavy (non-hydrogen) atoms. The Balaban J connectivity index is 1.42. The molecule has 4 aromatic rings. The van der Waals surface area contributed by atoms with Crippen LogP contribution in [0.25, 0.3) is 10.8 Å². The summed E-state index contributed by atoms with van der Waals surface area (Å²) in [6.07, 6.45) is 7.45. The normalized spacial score (nSPS) is 16.9. The Kier molecular flexibility index (Phi) is 22.2. The Morgan fingerprint density at radius 1 is 0.606 bits per heavy atom. The van der Waals surface area contributed by atoms with E-state index >= 15 is 4.79 Å². The summed E-state index contributed by atoms with van der Waals surface area (Å²) in [5.74, 6) is 0.501. The van der Waals surface area contributed by atoms with Gasteiger partial charge in [0.25, 0.3) is 0 Å². The first-order valence-electron chi connectivity index (χ1n) is 26.9. The third kappa shape index (κ3) is 15.5. The van der Waals surface area contributed by atoms with Gasteiger partial charge in [-0.1, -0.05) is 180 Å². The van der Waals surface area contributed by atoms with Gasteiger partial charge < -0.3 is 28.7 Å². The molecular formula is C60H89N3O6Si2. The largest absolute Gasteiger partial charge is 0.489 e. The van der Waals surface area contributed by atoms with Crippen molar-refractivity contribution in [2.24, 2.45) is 0 Å². The molecule has 3 amide bonds. The first-order chi connectivity index (χ1) is 33.9. The molecule has 0 saturated heterocycles. The van der Waals surface area contributed by atoms with E-state index < -0.39 is 22.7 Å². The van der Waals surface area contributed by atoms with E-state index in [4.69, 9.17) is 13.6 Å². The van der Waals surface area contributed by atoms with Gasteiger partial charge in [-0.2, -0.15) is 0 Å². The predicted octanol–water partition coefficient (Wildman–Crippen LogP) is 13.6. The quantitative estimate of drug-likeness (QED) is 0.0427. The number of aryl methyl sites for hydroxylation is 1. The Labute approximate surface area is 430 Å². The first kappa shape index (κ1) is 57.3. The molecule has 5 rings (SSSR count). The summed E-state index contributed by atoms with van der Waals surface area (Å²) >= 11 is 0. The predicted molar refractivity (Wildman–Crippen MR) is 299 cm³/mol. The maximum Gasteiger partial charge on any atom is 0.243 e. The van der Waals surface area contributed by atoms with Crippen LogP contribution in [0, 0.1) is 0 Å². The lowest BCUT2D eigenvalue weighted by atomic mass is 10.0. The molecular weight excluding hydrogens is 915 g/mol. The second kappa shape index (κ2) is 27.5. The van der Waals surface area contributed by atoms with Crippen LogP contribution >= 0.6 is 0 Å². The van der Waals surface area contributed by atoms with Crippen molar-refractivity contribution in [3.8, 4) is 5.75 Å². The number of nitrogens with zero attached hydrogens (tertiary/aromatic N) is 2. The highest BCUT2D eigenvalue weighted by atomic mass is 28.4. The minimum atomic E-state index is -2.16. The van der Waals surface area contributed by atoms with Crippen molar-refractivity contribution >= 4 is 45.1 Å². The first-order valence-corrected chi connectivity index (χ1v) is 31.2. The van der Waals surface area contributed by atoms with Crippen molar-refractivity contribution in [2.45, 2.75) is 180 Å². The lowest BCUT2D eigenvalue weighted by Gasteiger charge is -2.42. The lowest BCUT2D eigenvalue weighted by molar-refractivity contribution is -0.140. The average Bonchev–Trinajstić information content (AvgIpc) is 3.36. The van der Waals surface area contributed by atoms with Crippen LogP contribution in [0.15, 0.2) is 109 Å². The molecule has 9 nitrogen and oxygen atoms in total. The molecule has 0 radical (unpaired) electrons. The standard InChI is InChI=1S/C60H89N3O6Si2/c1-44(2)70(45(3)4,46(5)6)68-38-20-26-55-42-62(59(65)41-52-28-32-53-24-16-17-25-54(53)40-52)36-18-19-37-63(57(60(66)61-55)27-21-39-69-71(47(7)8,48(9)10)49(11)12)58(64)35-31-50-29-33-56(34-30-50)67-43-51-22-14-13-15-23-51/h13-19,22-25,28-30,32-34,40,44-49,55,57H,20-21,26-27,31,35-39,41-43H2,1-12H3,(H,61,66)/b19-18+/t55-,57+/m0/s1. The van der Waals surface area contributed by atoms with E-state index in [1.54, 1.807) is 4.90 Å². The molecule has 1 heterocycles. The maximum atomic E-state index is 15.1. The third-order valence-electron chi connectivity index (χ3n) is 15.3. The second-order valence-corrected chi connectivity index (χ2v) is 32.9. The van der Waals surface area contributed by atoms with Crippen LogP contribution < -0.4 is 10.1 Å². The van der Waals surface area contributed by atoms with Gasteiger partial charge in [0.2, 0.25) is 17.7 Å². The molecule has 0 aliphatic carbocycles.